The van der Waals surface area contributed by atoms with Gasteiger partial charge < -0.3 is 14.1 Å². The Hall–Kier alpha value is -1.83. The maximum Gasteiger partial charge on any atom is 0.418 e. The Bertz CT molecular complexity index is 532. The number of hydrogen-bond acceptors (Lipinski definition) is 4. The van der Waals surface area contributed by atoms with Crippen molar-refractivity contribution in [3.05, 3.63) is 35.8 Å². The zero-order valence-electron chi connectivity index (χ0n) is 9.35. The summed E-state index contributed by atoms with van der Waals surface area (Å²) in [5, 5.41) is 16.4. The lowest BCUT2D eigenvalue weighted by molar-refractivity contribution is -0.206. The lowest BCUT2D eigenvalue weighted by atomic mass is 10.2. The summed E-state index contributed by atoms with van der Waals surface area (Å²) >= 11 is 0. The van der Waals surface area contributed by atoms with Crippen molar-refractivity contribution in [3.8, 4) is 0 Å². The number of hydrogen-bond donors (Lipinski definition) is 1. The molecular weight excluding hydrogens is 251 g/mol. The molecule has 2 aromatic rings. The van der Waals surface area contributed by atoms with Gasteiger partial charge in [-0.15, -0.1) is 10.2 Å². The van der Waals surface area contributed by atoms with Crippen molar-refractivity contribution in [2.24, 2.45) is 0 Å². The molecular formula is C10H10F3N3O2. The van der Waals surface area contributed by atoms with E-state index in [0.717, 1.165) is 0 Å². The summed E-state index contributed by atoms with van der Waals surface area (Å²) in [5.41, 5.74) is -0.223. The van der Waals surface area contributed by atoms with Gasteiger partial charge in [0.25, 0.3) is 0 Å². The Morgan fingerprint density at radius 1 is 1.44 bits per heavy atom. The fraction of sp³-hybridized carbons (Fsp3) is 0.400. The van der Waals surface area contributed by atoms with Gasteiger partial charge in [-0.1, -0.05) is 0 Å². The third-order valence-corrected chi connectivity index (χ3v) is 2.28. The minimum atomic E-state index is -4.67. The van der Waals surface area contributed by atoms with Crippen molar-refractivity contribution >= 4 is 0 Å². The van der Waals surface area contributed by atoms with Crippen molar-refractivity contribution in [3.63, 3.8) is 0 Å². The third-order valence-electron chi connectivity index (χ3n) is 2.28. The van der Waals surface area contributed by atoms with Crippen molar-refractivity contribution in [1.29, 1.82) is 0 Å². The van der Waals surface area contributed by atoms with E-state index in [9.17, 15) is 13.2 Å². The summed E-state index contributed by atoms with van der Waals surface area (Å²) in [6.45, 7) is 1.77. The largest absolute Gasteiger partial charge is 0.424 e. The second kappa shape index (κ2) is 4.45. The molecule has 8 heteroatoms. The molecule has 0 fully saturated rings. The molecule has 1 unspecified atom stereocenters. The molecule has 0 bridgehead atoms. The van der Waals surface area contributed by atoms with Crippen LogP contribution in [0.25, 0.3) is 0 Å². The third kappa shape index (κ3) is 2.70. The number of halogens is 3. The van der Waals surface area contributed by atoms with Gasteiger partial charge in [0.2, 0.25) is 11.8 Å². The lowest BCUT2D eigenvalue weighted by Gasteiger charge is -2.12. The van der Waals surface area contributed by atoms with Crippen LogP contribution < -0.4 is 0 Å². The first-order valence-electron chi connectivity index (χ1n) is 5.05. The number of aliphatic hydroxyl groups is 1. The second-order valence-electron chi connectivity index (χ2n) is 3.78. The van der Waals surface area contributed by atoms with Gasteiger partial charge in [0, 0.05) is 24.9 Å². The number of nitrogens with zero attached hydrogens (tertiary/aromatic N) is 3. The molecule has 1 atom stereocenters. The van der Waals surface area contributed by atoms with Gasteiger partial charge in [-0.2, -0.15) is 13.2 Å². The highest BCUT2D eigenvalue weighted by atomic mass is 19.4. The van der Waals surface area contributed by atoms with Gasteiger partial charge in [0.15, 0.2) is 6.10 Å². The number of aliphatic hydroxyl groups excluding tert-OH is 1. The fourth-order valence-corrected chi connectivity index (χ4v) is 1.47. The standard InChI is InChI=1S/C10H10F3N3O2/c1-6-14-15-8(18-6)5-16-3-2-7(4-16)9(17)10(11,12)13/h2-4,9,17H,5H2,1H3. The van der Waals surface area contributed by atoms with Crippen LogP contribution in [0.3, 0.4) is 0 Å². The zero-order valence-corrected chi connectivity index (χ0v) is 9.35. The average molecular weight is 261 g/mol. The van der Waals surface area contributed by atoms with Crippen molar-refractivity contribution in [1.82, 2.24) is 14.8 Å². The van der Waals surface area contributed by atoms with E-state index >= 15 is 0 Å². The molecule has 5 nitrogen and oxygen atoms in total. The molecule has 18 heavy (non-hydrogen) atoms. The number of aryl methyl sites for hydroxylation is 1. The van der Waals surface area contributed by atoms with Crippen LogP contribution in [0.15, 0.2) is 22.9 Å². The first-order chi connectivity index (χ1) is 8.36. The van der Waals surface area contributed by atoms with E-state index < -0.39 is 12.3 Å². The predicted molar refractivity (Wildman–Crippen MR) is 53.6 cm³/mol. The van der Waals surface area contributed by atoms with Crippen LogP contribution in [0, 0.1) is 6.92 Å². The molecule has 0 spiro atoms. The molecule has 1 N–H and O–H groups in total. The molecule has 0 saturated carbocycles. The Labute approximate surface area is 99.9 Å². The van der Waals surface area contributed by atoms with Crippen LogP contribution in [0.5, 0.6) is 0 Å². The van der Waals surface area contributed by atoms with Crippen LogP contribution in [-0.2, 0) is 6.54 Å². The van der Waals surface area contributed by atoms with E-state index in [1.807, 2.05) is 0 Å². The van der Waals surface area contributed by atoms with E-state index in [2.05, 4.69) is 10.2 Å². The highest BCUT2D eigenvalue weighted by Crippen LogP contribution is 2.32. The Morgan fingerprint density at radius 2 is 2.17 bits per heavy atom. The summed E-state index contributed by atoms with van der Waals surface area (Å²) in [4.78, 5) is 0. The molecule has 2 heterocycles. The summed E-state index contributed by atoms with van der Waals surface area (Å²) in [6.07, 6.45) is -4.56. The maximum atomic E-state index is 12.3. The molecule has 0 amide bonds. The molecule has 0 radical (unpaired) electrons. The topological polar surface area (TPSA) is 64.1 Å². The van der Waals surface area contributed by atoms with Crippen LogP contribution in [0.1, 0.15) is 23.4 Å². The molecule has 0 aromatic carbocycles. The Balaban J connectivity index is 2.11. The van der Waals surface area contributed by atoms with Gasteiger partial charge in [0.05, 0.1) is 0 Å². The maximum absolute atomic E-state index is 12.3. The Kier molecular flexibility index (Phi) is 3.12. The van der Waals surface area contributed by atoms with Crippen LogP contribution in [-0.4, -0.2) is 26.0 Å². The quantitative estimate of drug-likeness (QED) is 0.915. The first-order valence-corrected chi connectivity index (χ1v) is 5.05. The van der Waals surface area contributed by atoms with Crippen molar-refractivity contribution in [2.45, 2.75) is 25.7 Å². The highest BCUT2D eigenvalue weighted by molar-refractivity contribution is 5.15. The van der Waals surface area contributed by atoms with Gasteiger partial charge in [0.1, 0.15) is 6.54 Å². The van der Waals surface area contributed by atoms with Gasteiger partial charge in [-0.25, -0.2) is 0 Å². The molecule has 2 rings (SSSR count). The SMILES string of the molecule is Cc1nnc(Cn2ccc(C(O)C(F)(F)F)c2)o1. The van der Waals surface area contributed by atoms with Gasteiger partial charge in [-0.3, -0.25) is 0 Å². The highest BCUT2D eigenvalue weighted by Gasteiger charge is 2.39. The summed E-state index contributed by atoms with van der Waals surface area (Å²) in [7, 11) is 0. The van der Waals surface area contributed by atoms with E-state index in [1.165, 1.54) is 23.0 Å². The normalized spacial score (nSPS) is 13.8. The number of alkyl halides is 3. The minimum absolute atomic E-state index is 0.158. The molecule has 2 aromatic heterocycles. The molecule has 0 aliphatic rings. The molecule has 98 valence electrons. The fourth-order valence-electron chi connectivity index (χ4n) is 1.47. The minimum Gasteiger partial charge on any atom is -0.424 e. The zero-order chi connectivity index (χ0) is 13.3. The van der Waals surface area contributed by atoms with E-state index in [4.69, 9.17) is 9.52 Å². The average Bonchev–Trinajstić information content (AvgIpc) is 2.86. The second-order valence-corrected chi connectivity index (χ2v) is 3.78. The van der Waals surface area contributed by atoms with E-state index in [1.54, 1.807) is 6.92 Å². The van der Waals surface area contributed by atoms with Crippen molar-refractivity contribution < 1.29 is 22.7 Å². The molecule has 0 aliphatic heterocycles. The number of rotatable bonds is 3. The van der Waals surface area contributed by atoms with Gasteiger partial charge >= 0.3 is 6.18 Å². The van der Waals surface area contributed by atoms with Gasteiger partial charge in [-0.05, 0) is 6.07 Å². The molecule has 0 saturated heterocycles. The summed E-state index contributed by atoms with van der Waals surface area (Å²) < 4.78 is 43.3. The monoisotopic (exact) mass is 261 g/mol. The van der Waals surface area contributed by atoms with E-state index in [0.29, 0.717) is 5.89 Å². The predicted octanol–water partition coefficient (Wildman–Crippen LogP) is 1.82. The summed E-state index contributed by atoms with van der Waals surface area (Å²) in [5.74, 6) is 0.670. The smallest absolute Gasteiger partial charge is 0.418 e. The van der Waals surface area contributed by atoms with Crippen LogP contribution >= 0.6 is 0 Å². The van der Waals surface area contributed by atoms with Crippen LogP contribution in [0.4, 0.5) is 13.2 Å². The summed E-state index contributed by atoms with van der Waals surface area (Å²) in [6, 6.07) is 1.20. The number of aromatic nitrogens is 3. The van der Waals surface area contributed by atoms with Crippen molar-refractivity contribution in [2.75, 3.05) is 0 Å². The van der Waals surface area contributed by atoms with Crippen LogP contribution in [0.2, 0.25) is 0 Å². The first kappa shape index (κ1) is 12.6. The lowest BCUT2D eigenvalue weighted by Crippen LogP contribution is -2.19. The Morgan fingerprint density at radius 3 is 2.72 bits per heavy atom. The van der Waals surface area contributed by atoms with E-state index in [-0.39, 0.29) is 18.0 Å². The molecule has 0 aliphatic carbocycles.